The number of rotatable bonds is 2. The lowest BCUT2D eigenvalue weighted by Crippen LogP contribution is -2.22. The third-order valence-electron chi connectivity index (χ3n) is 3.08. The lowest BCUT2D eigenvalue weighted by molar-refractivity contribution is -0.139. The molecule has 0 aliphatic heterocycles. The topological polar surface area (TPSA) is 26.3 Å². The monoisotopic (exact) mass is 217 g/mol. The fourth-order valence-corrected chi connectivity index (χ4v) is 2.10. The van der Waals surface area contributed by atoms with Gasteiger partial charge in [-0.2, -0.15) is 0 Å². The van der Waals surface area contributed by atoms with E-state index < -0.39 is 0 Å². The summed E-state index contributed by atoms with van der Waals surface area (Å²) >= 11 is 0. The largest absolute Gasteiger partial charge is 0.426 e. The summed E-state index contributed by atoms with van der Waals surface area (Å²) in [6.07, 6.45) is 5.51. The molecule has 0 atom stereocenters. The van der Waals surface area contributed by atoms with Crippen molar-refractivity contribution in [2.45, 2.75) is 32.1 Å². The summed E-state index contributed by atoms with van der Waals surface area (Å²) in [5.74, 6) is 0.660. The number of esters is 1. The van der Waals surface area contributed by atoms with Crippen molar-refractivity contribution in [3.8, 4) is 5.75 Å². The van der Waals surface area contributed by atoms with Gasteiger partial charge in [-0.15, -0.1) is 0 Å². The molecular weight excluding hydrogens is 200 g/mol. The molecule has 0 saturated heterocycles. The summed E-state index contributed by atoms with van der Waals surface area (Å²) < 4.78 is 5.34. The van der Waals surface area contributed by atoms with Crippen LogP contribution in [-0.4, -0.2) is 5.97 Å². The fourth-order valence-electron chi connectivity index (χ4n) is 2.10. The van der Waals surface area contributed by atoms with Crippen molar-refractivity contribution >= 4 is 5.97 Å². The van der Waals surface area contributed by atoms with Crippen LogP contribution in [0.25, 0.3) is 0 Å². The van der Waals surface area contributed by atoms with E-state index in [1.54, 1.807) is 12.1 Å². The zero-order chi connectivity index (χ0) is 11.4. The Bertz CT molecular complexity index is 348. The van der Waals surface area contributed by atoms with Gasteiger partial charge >= 0.3 is 5.97 Å². The maximum Gasteiger partial charge on any atom is 0.314 e. The quantitative estimate of drug-likeness (QED) is 0.561. The van der Waals surface area contributed by atoms with E-state index in [-0.39, 0.29) is 11.9 Å². The normalized spacial score (nSPS) is 17.1. The van der Waals surface area contributed by atoms with Crippen LogP contribution in [0.1, 0.15) is 37.7 Å². The first-order valence-electron chi connectivity index (χ1n) is 5.89. The zero-order valence-corrected chi connectivity index (χ0v) is 9.45. The van der Waals surface area contributed by atoms with E-state index in [4.69, 9.17) is 4.74 Å². The Balaban J connectivity index is 1.93. The van der Waals surface area contributed by atoms with Crippen molar-refractivity contribution in [1.82, 2.24) is 0 Å². The Hall–Kier alpha value is -1.31. The van der Waals surface area contributed by atoms with Crippen LogP contribution in [0.3, 0.4) is 0 Å². The van der Waals surface area contributed by atoms with Crippen molar-refractivity contribution in [3.05, 3.63) is 36.8 Å². The molecule has 16 heavy (non-hydrogen) atoms. The van der Waals surface area contributed by atoms with E-state index in [1.165, 1.54) is 6.42 Å². The number of carbonyl (C=O) groups excluding carboxylic acids is 1. The van der Waals surface area contributed by atoms with Gasteiger partial charge in [0.15, 0.2) is 0 Å². The van der Waals surface area contributed by atoms with Gasteiger partial charge in [0.05, 0.1) is 5.92 Å². The SMILES string of the molecule is [CH2]c1ccc(OC(=O)C2CCCCC2)cc1. The molecule has 0 heterocycles. The fraction of sp³-hybridized carbons (Fsp3) is 0.429. The second-order valence-corrected chi connectivity index (χ2v) is 4.40. The van der Waals surface area contributed by atoms with Gasteiger partial charge in [0, 0.05) is 0 Å². The van der Waals surface area contributed by atoms with E-state index >= 15 is 0 Å². The first kappa shape index (κ1) is 11.2. The van der Waals surface area contributed by atoms with Gasteiger partial charge in [0.1, 0.15) is 5.75 Å². The third-order valence-corrected chi connectivity index (χ3v) is 3.08. The van der Waals surface area contributed by atoms with Crippen LogP contribution in [0.15, 0.2) is 24.3 Å². The molecule has 1 aliphatic rings. The van der Waals surface area contributed by atoms with Crippen LogP contribution in [-0.2, 0) is 4.79 Å². The molecule has 2 nitrogen and oxygen atoms in total. The molecule has 0 aromatic heterocycles. The van der Waals surface area contributed by atoms with Gasteiger partial charge in [0.2, 0.25) is 0 Å². The minimum Gasteiger partial charge on any atom is -0.426 e. The van der Waals surface area contributed by atoms with Gasteiger partial charge < -0.3 is 4.74 Å². The van der Waals surface area contributed by atoms with Gasteiger partial charge in [0.25, 0.3) is 0 Å². The average molecular weight is 217 g/mol. The predicted octanol–water partition coefficient (Wildman–Crippen LogP) is 3.35. The minimum absolute atomic E-state index is 0.0727. The van der Waals surface area contributed by atoms with Gasteiger partial charge in [-0.1, -0.05) is 31.4 Å². The molecule has 85 valence electrons. The molecule has 1 fully saturated rings. The van der Waals surface area contributed by atoms with E-state index in [0.29, 0.717) is 5.75 Å². The number of hydrogen-bond donors (Lipinski definition) is 0. The highest BCUT2D eigenvalue weighted by Gasteiger charge is 2.22. The van der Waals surface area contributed by atoms with Crippen LogP contribution in [0.2, 0.25) is 0 Å². The Kier molecular flexibility index (Phi) is 3.60. The Morgan fingerprint density at radius 2 is 1.75 bits per heavy atom. The van der Waals surface area contributed by atoms with E-state index in [1.807, 2.05) is 12.1 Å². The van der Waals surface area contributed by atoms with Crippen LogP contribution in [0, 0.1) is 12.8 Å². The highest BCUT2D eigenvalue weighted by atomic mass is 16.5. The highest BCUT2D eigenvalue weighted by molar-refractivity contribution is 5.75. The number of benzene rings is 1. The van der Waals surface area contributed by atoms with E-state index in [0.717, 1.165) is 31.2 Å². The Morgan fingerprint density at radius 3 is 2.38 bits per heavy atom. The lowest BCUT2D eigenvalue weighted by atomic mass is 9.89. The Morgan fingerprint density at radius 1 is 1.12 bits per heavy atom. The molecule has 2 heteroatoms. The van der Waals surface area contributed by atoms with Crippen molar-refractivity contribution in [2.24, 2.45) is 5.92 Å². The molecule has 1 aromatic carbocycles. The van der Waals surface area contributed by atoms with Crippen LogP contribution >= 0.6 is 0 Å². The molecule has 0 bridgehead atoms. The van der Waals surface area contributed by atoms with Crippen molar-refractivity contribution < 1.29 is 9.53 Å². The standard InChI is InChI=1S/C14H17O2/c1-11-7-9-13(10-8-11)16-14(15)12-5-3-2-4-6-12/h7-10,12H,1-6H2. The lowest BCUT2D eigenvalue weighted by Gasteiger charge is -2.19. The van der Waals surface area contributed by atoms with Crippen molar-refractivity contribution in [3.63, 3.8) is 0 Å². The molecule has 1 radical (unpaired) electrons. The van der Waals surface area contributed by atoms with Gasteiger partial charge in [-0.3, -0.25) is 4.79 Å². The Labute approximate surface area is 96.6 Å². The summed E-state index contributed by atoms with van der Waals surface area (Å²) in [6.45, 7) is 3.79. The first-order valence-corrected chi connectivity index (χ1v) is 5.89. The summed E-state index contributed by atoms with van der Waals surface area (Å²) in [5, 5.41) is 0. The molecular formula is C14H17O2. The molecule has 0 unspecified atom stereocenters. The van der Waals surface area contributed by atoms with E-state index in [2.05, 4.69) is 6.92 Å². The zero-order valence-electron chi connectivity index (χ0n) is 9.45. The van der Waals surface area contributed by atoms with Gasteiger partial charge in [-0.05, 0) is 37.5 Å². The molecule has 0 N–H and O–H groups in total. The van der Waals surface area contributed by atoms with E-state index in [9.17, 15) is 4.79 Å². The summed E-state index contributed by atoms with van der Waals surface area (Å²) in [7, 11) is 0. The maximum absolute atomic E-state index is 11.8. The van der Waals surface area contributed by atoms with Crippen LogP contribution < -0.4 is 4.74 Å². The van der Waals surface area contributed by atoms with Crippen molar-refractivity contribution in [2.75, 3.05) is 0 Å². The number of carbonyl (C=O) groups is 1. The third kappa shape index (κ3) is 2.84. The molecule has 2 rings (SSSR count). The van der Waals surface area contributed by atoms with Crippen LogP contribution in [0.5, 0.6) is 5.75 Å². The van der Waals surface area contributed by atoms with Gasteiger partial charge in [-0.25, -0.2) is 0 Å². The second kappa shape index (κ2) is 5.15. The number of ether oxygens (including phenoxy) is 1. The smallest absolute Gasteiger partial charge is 0.314 e. The molecule has 0 spiro atoms. The molecule has 1 aromatic rings. The molecule has 0 amide bonds. The highest BCUT2D eigenvalue weighted by Crippen LogP contribution is 2.25. The van der Waals surface area contributed by atoms with Crippen molar-refractivity contribution in [1.29, 1.82) is 0 Å². The average Bonchev–Trinajstić information content (AvgIpc) is 2.33. The molecule has 1 saturated carbocycles. The minimum atomic E-state index is -0.0727. The predicted molar refractivity (Wildman–Crippen MR) is 63.1 cm³/mol. The first-order chi connectivity index (χ1) is 7.75. The summed E-state index contributed by atoms with van der Waals surface area (Å²) in [6, 6.07) is 7.29. The second-order valence-electron chi connectivity index (χ2n) is 4.40. The molecule has 1 aliphatic carbocycles. The maximum atomic E-state index is 11.8. The summed E-state index contributed by atoms with van der Waals surface area (Å²) in [4.78, 5) is 11.8. The summed E-state index contributed by atoms with van der Waals surface area (Å²) in [5.41, 5.74) is 0.928. The van der Waals surface area contributed by atoms with Crippen LogP contribution in [0.4, 0.5) is 0 Å². The number of hydrogen-bond acceptors (Lipinski definition) is 2.